The van der Waals surface area contributed by atoms with Gasteiger partial charge in [-0.15, -0.1) is 12.8 Å². The normalized spacial score (nSPS) is 14.8. The van der Waals surface area contributed by atoms with Crippen LogP contribution in [0.2, 0.25) is 0 Å². The van der Waals surface area contributed by atoms with Gasteiger partial charge in [-0.25, -0.2) is 4.79 Å². The van der Waals surface area contributed by atoms with E-state index in [1.165, 1.54) is 0 Å². The molecule has 26 heavy (non-hydrogen) atoms. The first-order valence-electron chi connectivity index (χ1n) is 8.29. The van der Waals surface area contributed by atoms with E-state index in [0.29, 0.717) is 18.7 Å². The molecule has 1 heterocycles. The van der Waals surface area contributed by atoms with Crippen LogP contribution in [-0.2, 0) is 4.74 Å². The number of rotatable bonds is 5. The molecule has 1 aliphatic heterocycles. The van der Waals surface area contributed by atoms with E-state index in [2.05, 4.69) is 11.8 Å². The van der Waals surface area contributed by atoms with E-state index in [1.54, 1.807) is 0 Å². The van der Waals surface area contributed by atoms with E-state index in [9.17, 15) is 4.79 Å². The molecule has 3 rings (SSSR count). The van der Waals surface area contributed by atoms with Crippen LogP contribution >= 0.6 is 0 Å². The van der Waals surface area contributed by atoms with Crippen LogP contribution in [0.4, 0.5) is 11.4 Å². The average Bonchev–Trinajstić information content (AvgIpc) is 2.98. The van der Waals surface area contributed by atoms with Crippen molar-refractivity contribution in [2.24, 2.45) is 0 Å². The van der Waals surface area contributed by atoms with Crippen molar-refractivity contribution in [3.8, 4) is 24.7 Å². The van der Waals surface area contributed by atoms with E-state index in [4.69, 9.17) is 17.6 Å². The summed E-state index contributed by atoms with van der Waals surface area (Å²) >= 11 is 0. The first kappa shape index (κ1) is 17.5. The highest BCUT2D eigenvalue weighted by Gasteiger charge is 2.32. The maximum Gasteiger partial charge on any atom is 0.339 e. The smallest absolute Gasteiger partial charge is 0.339 e. The minimum Gasteiger partial charge on any atom is -0.449 e. The minimum absolute atomic E-state index is 0.293. The van der Waals surface area contributed by atoms with Crippen molar-refractivity contribution < 1.29 is 9.53 Å². The summed E-state index contributed by atoms with van der Waals surface area (Å²) in [6, 6.07) is 13.6. The summed E-state index contributed by atoms with van der Waals surface area (Å²) in [4.78, 5) is 16.2. The molecule has 0 amide bonds. The molecule has 0 aliphatic carbocycles. The topological polar surface area (TPSA) is 32.8 Å². The van der Waals surface area contributed by atoms with Crippen LogP contribution in [-0.4, -0.2) is 33.2 Å². The minimum atomic E-state index is -0.392. The number of carbonyl (C=O) groups excluding carboxylic acids is 1. The number of esters is 1. The Labute approximate surface area is 154 Å². The third kappa shape index (κ3) is 3.23. The van der Waals surface area contributed by atoms with Crippen LogP contribution in [0.25, 0.3) is 0 Å². The Morgan fingerprint density at radius 2 is 1.62 bits per heavy atom. The highest BCUT2D eigenvalue weighted by Crippen LogP contribution is 2.37. The van der Waals surface area contributed by atoms with Gasteiger partial charge >= 0.3 is 5.97 Å². The molecule has 0 radical (unpaired) electrons. The van der Waals surface area contributed by atoms with Gasteiger partial charge in [0, 0.05) is 31.0 Å². The summed E-state index contributed by atoms with van der Waals surface area (Å²) < 4.78 is 5.61. The number of anilines is 2. The molecular formula is C22H20N2O2. The van der Waals surface area contributed by atoms with Gasteiger partial charge in [-0.1, -0.05) is 30.0 Å². The van der Waals surface area contributed by atoms with Crippen molar-refractivity contribution >= 4 is 17.3 Å². The number of hydrogen-bond acceptors (Lipinski definition) is 4. The first-order valence-corrected chi connectivity index (χ1v) is 8.29. The van der Waals surface area contributed by atoms with Crippen molar-refractivity contribution in [2.45, 2.75) is 6.10 Å². The van der Waals surface area contributed by atoms with Crippen LogP contribution < -0.4 is 9.80 Å². The Kier molecular flexibility index (Phi) is 4.87. The number of hydrogen-bond donors (Lipinski definition) is 0. The number of ether oxygens (including phenoxy) is 1. The summed E-state index contributed by atoms with van der Waals surface area (Å²) in [5, 5.41) is 0. The van der Waals surface area contributed by atoms with Crippen molar-refractivity contribution in [3.05, 3.63) is 59.2 Å². The van der Waals surface area contributed by atoms with Crippen LogP contribution in [0.3, 0.4) is 0 Å². The molecule has 1 aliphatic rings. The van der Waals surface area contributed by atoms with E-state index in [0.717, 1.165) is 22.5 Å². The molecule has 4 nitrogen and oxygen atoms in total. The van der Waals surface area contributed by atoms with Gasteiger partial charge < -0.3 is 14.5 Å². The van der Waals surface area contributed by atoms with Crippen molar-refractivity contribution in [2.75, 3.05) is 37.0 Å². The zero-order valence-electron chi connectivity index (χ0n) is 14.9. The Balaban J connectivity index is 1.89. The molecule has 0 spiro atoms. The summed E-state index contributed by atoms with van der Waals surface area (Å²) in [6.07, 6.45) is 10.4. The molecule has 0 fully saturated rings. The number of benzene rings is 2. The summed E-state index contributed by atoms with van der Waals surface area (Å²) in [5.41, 5.74) is 4.33. The van der Waals surface area contributed by atoms with Crippen LogP contribution in [0.5, 0.6) is 0 Å². The van der Waals surface area contributed by atoms with Gasteiger partial charge in [-0.05, 0) is 29.8 Å². The molecular weight excluding hydrogens is 324 g/mol. The fraction of sp³-hybridized carbons (Fsp3) is 0.227. The van der Waals surface area contributed by atoms with Crippen LogP contribution in [0, 0.1) is 24.7 Å². The second-order valence-electron chi connectivity index (χ2n) is 6.31. The molecule has 4 heteroatoms. The Bertz CT molecular complexity index is 885. The maximum atomic E-state index is 12.3. The van der Waals surface area contributed by atoms with E-state index in [-0.39, 0.29) is 5.97 Å². The lowest BCUT2D eigenvalue weighted by atomic mass is 9.98. The summed E-state index contributed by atoms with van der Waals surface area (Å²) in [5.74, 6) is 4.93. The lowest BCUT2D eigenvalue weighted by Crippen LogP contribution is -2.23. The van der Waals surface area contributed by atoms with Gasteiger partial charge in [-0.2, -0.15) is 0 Å². The SMILES string of the molecule is C#CCN(CC#C)c1ccc(C2OC(=O)c3cc(N(C)C)ccc32)cc1. The first-order chi connectivity index (χ1) is 12.5. The van der Waals surface area contributed by atoms with Gasteiger partial charge in [0.1, 0.15) is 0 Å². The van der Waals surface area contributed by atoms with Crippen molar-refractivity contribution in [3.63, 3.8) is 0 Å². The molecule has 0 N–H and O–H groups in total. The zero-order chi connectivity index (χ0) is 18.7. The van der Waals surface area contributed by atoms with Crippen molar-refractivity contribution in [1.29, 1.82) is 0 Å². The zero-order valence-corrected chi connectivity index (χ0v) is 14.9. The number of terminal acetylenes is 2. The highest BCUT2D eigenvalue weighted by molar-refractivity contribution is 5.95. The lowest BCUT2D eigenvalue weighted by molar-refractivity contribution is 0.0456. The summed E-state index contributed by atoms with van der Waals surface area (Å²) in [7, 11) is 3.88. The van der Waals surface area contributed by atoms with Gasteiger partial charge in [0.2, 0.25) is 0 Å². The molecule has 0 bridgehead atoms. The number of cyclic esters (lactones) is 1. The molecule has 0 saturated carbocycles. The summed E-state index contributed by atoms with van der Waals surface area (Å²) in [6.45, 7) is 0.885. The monoisotopic (exact) mass is 344 g/mol. The molecule has 0 saturated heterocycles. The average molecular weight is 344 g/mol. The molecule has 0 aromatic heterocycles. The second-order valence-corrected chi connectivity index (χ2v) is 6.31. The van der Waals surface area contributed by atoms with E-state index in [1.807, 2.05) is 66.4 Å². The largest absolute Gasteiger partial charge is 0.449 e. The van der Waals surface area contributed by atoms with Gasteiger partial charge in [0.05, 0.1) is 18.7 Å². The molecule has 130 valence electrons. The predicted octanol–water partition coefficient (Wildman–Crippen LogP) is 3.09. The van der Waals surface area contributed by atoms with E-state index < -0.39 is 6.10 Å². The van der Waals surface area contributed by atoms with Gasteiger partial charge in [0.25, 0.3) is 0 Å². The fourth-order valence-corrected chi connectivity index (χ4v) is 3.03. The van der Waals surface area contributed by atoms with Crippen LogP contribution in [0.1, 0.15) is 27.6 Å². The quantitative estimate of drug-likeness (QED) is 0.616. The molecule has 1 unspecified atom stereocenters. The Hall–Kier alpha value is -3.37. The third-order valence-corrected chi connectivity index (χ3v) is 4.41. The third-order valence-electron chi connectivity index (χ3n) is 4.41. The molecule has 2 aromatic carbocycles. The standard InChI is InChI=1S/C22H20N2O2/c1-5-13-24(14-6-2)17-9-7-16(8-10-17)21-19-12-11-18(23(3)4)15-20(19)22(25)26-21/h1-2,7-12,15,21H,13-14H2,3-4H3. The number of nitrogens with zero attached hydrogens (tertiary/aromatic N) is 2. The lowest BCUT2D eigenvalue weighted by Gasteiger charge is -2.20. The predicted molar refractivity (Wildman–Crippen MR) is 104 cm³/mol. The molecule has 1 atom stereocenters. The van der Waals surface area contributed by atoms with E-state index >= 15 is 0 Å². The number of fused-ring (bicyclic) bond motifs is 1. The Morgan fingerprint density at radius 1 is 1.00 bits per heavy atom. The Morgan fingerprint density at radius 3 is 2.19 bits per heavy atom. The highest BCUT2D eigenvalue weighted by atomic mass is 16.5. The molecule has 2 aromatic rings. The second kappa shape index (κ2) is 7.25. The van der Waals surface area contributed by atoms with Crippen molar-refractivity contribution in [1.82, 2.24) is 0 Å². The van der Waals surface area contributed by atoms with Crippen LogP contribution in [0.15, 0.2) is 42.5 Å². The maximum absolute atomic E-state index is 12.3. The van der Waals surface area contributed by atoms with Gasteiger partial charge in [-0.3, -0.25) is 0 Å². The number of carbonyl (C=O) groups is 1. The van der Waals surface area contributed by atoms with Gasteiger partial charge in [0.15, 0.2) is 6.10 Å². The fourth-order valence-electron chi connectivity index (χ4n) is 3.03.